The normalized spacial score (nSPS) is 11.7. The summed E-state index contributed by atoms with van der Waals surface area (Å²) in [5.74, 6) is -0.0938. The standard InChI is InChI=1S/C12H15N5O/c1-6(2)7-3-4-9-8(5-7)10(11(18)15-9)16-17-12(13)14/h3-6,15,18H,1-2H3,(H3,13,14). The van der Waals surface area contributed by atoms with Crippen LogP contribution in [0.25, 0.3) is 10.9 Å². The number of hydrogen-bond acceptors (Lipinski definition) is 3. The zero-order valence-electron chi connectivity index (χ0n) is 10.2. The first-order chi connectivity index (χ1) is 8.49. The molecule has 94 valence electrons. The van der Waals surface area contributed by atoms with E-state index in [2.05, 4.69) is 29.1 Å². The van der Waals surface area contributed by atoms with E-state index in [4.69, 9.17) is 11.1 Å². The molecule has 0 unspecified atom stereocenters. The molecule has 0 saturated carbocycles. The number of guanidine groups is 1. The van der Waals surface area contributed by atoms with E-state index in [1.807, 2.05) is 18.2 Å². The van der Waals surface area contributed by atoms with Crippen LogP contribution in [0.5, 0.6) is 5.88 Å². The van der Waals surface area contributed by atoms with Gasteiger partial charge in [-0.25, -0.2) is 0 Å². The van der Waals surface area contributed by atoms with Gasteiger partial charge in [0.1, 0.15) is 0 Å². The molecule has 0 aliphatic carbocycles. The van der Waals surface area contributed by atoms with Crippen LogP contribution >= 0.6 is 0 Å². The number of aromatic amines is 1. The highest BCUT2D eigenvalue weighted by molar-refractivity contribution is 5.94. The van der Waals surface area contributed by atoms with Gasteiger partial charge < -0.3 is 15.8 Å². The molecule has 0 aliphatic heterocycles. The smallest absolute Gasteiger partial charge is 0.232 e. The summed E-state index contributed by atoms with van der Waals surface area (Å²) < 4.78 is 0. The highest BCUT2D eigenvalue weighted by atomic mass is 16.3. The molecule has 18 heavy (non-hydrogen) atoms. The lowest BCUT2D eigenvalue weighted by atomic mass is 10.0. The average Bonchev–Trinajstić information content (AvgIpc) is 2.60. The summed E-state index contributed by atoms with van der Waals surface area (Å²) in [5.41, 5.74) is 7.33. The van der Waals surface area contributed by atoms with Gasteiger partial charge in [0.05, 0.1) is 5.52 Å². The van der Waals surface area contributed by atoms with Crippen LogP contribution in [0.1, 0.15) is 25.3 Å². The highest BCUT2D eigenvalue weighted by Crippen LogP contribution is 2.36. The molecular formula is C12H15N5O. The van der Waals surface area contributed by atoms with Crippen molar-refractivity contribution in [1.82, 2.24) is 4.98 Å². The van der Waals surface area contributed by atoms with E-state index < -0.39 is 5.96 Å². The lowest BCUT2D eigenvalue weighted by Crippen LogP contribution is -2.03. The second-order valence-corrected chi connectivity index (χ2v) is 4.37. The van der Waals surface area contributed by atoms with E-state index in [0.717, 1.165) is 16.5 Å². The third-order valence-corrected chi connectivity index (χ3v) is 2.70. The first-order valence-electron chi connectivity index (χ1n) is 5.59. The van der Waals surface area contributed by atoms with Crippen molar-refractivity contribution in [2.24, 2.45) is 16.0 Å². The van der Waals surface area contributed by atoms with E-state index in [1.54, 1.807) is 0 Å². The van der Waals surface area contributed by atoms with Crippen LogP contribution in [-0.2, 0) is 0 Å². The van der Waals surface area contributed by atoms with Gasteiger partial charge in [0.2, 0.25) is 11.8 Å². The van der Waals surface area contributed by atoms with E-state index in [1.165, 1.54) is 0 Å². The van der Waals surface area contributed by atoms with Gasteiger partial charge in [-0.1, -0.05) is 19.9 Å². The fourth-order valence-electron chi connectivity index (χ4n) is 1.75. The topological polar surface area (TPSA) is 111 Å². The van der Waals surface area contributed by atoms with Crippen LogP contribution in [-0.4, -0.2) is 16.1 Å². The van der Waals surface area contributed by atoms with E-state index in [-0.39, 0.29) is 5.88 Å². The molecule has 0 radical (unpaired) electrons. The van der Waals surface area contributed by atoms with Crippen LogP contribution in [0.15, 0.2) is 28.4 Å². The molecule has 2 rings (SSSR count). The first kappa shape index (κ1) is 12.1. The fraction of sp³-hybridized carbons (Fsp3) is 0.250. The Morgan fingerprint density at radius 3 is 2.78 bits per heavy atom. The van der Waals surface area contributed by atoms with Crippen molar-refractivity contribution >= 4 is 22.5 Å². The van der Waals surface area contributed by atoms with Crippen LogP contribution in [0, 0.1) is 5.41 Å². The van der Waals surface area contributed by atoms with E-state index >= 15 is 0 Å². The number of nitrogens with zero attached hydrogens (tertiary/aromatic N) is 2. The van der Waals surface area contributed by atoms with Crippen LogP contribution in [0.3, 0.4) is 0 Å². The molecule has 6 nitrogen and oxygen atoms in total. The van der Waals surface area contributed by atoms with Gasteiger partial charge in [-0.15, -0.1) is 10.2 Å². The minimum atomic E-state index is -0.399. The van der Waals surface area contributed by atoms with E-state index in [0.29, 0.717) is 11.6 Å². The molecule has 5 N–H and O–H groups in total. The third kappa shape index (κ3) is 2.17. The maximum absolute atomic E-state index is 9.76. The number of benzene rings is 1. The molecule has 0 atom stereocenters. The van der Waals surface area contributed by atoms with Crippen molar-refractivity contribution in [3.8, 4) is 5.88 Å². The van der Waals surface area contributed by atoms with Crippen molar-refractivity contribution in [1.29, 1.82) is 5.41 Å². The maximum Gasteiger partial charge on any atom is 0.232 e. The molecule has 0 spiro atoms. The number of hydrogen-bond donors (Lipinski definition) is 4. The number of aromatic nitrogens is 1. The third-order valence-electron chi connectivity index (χ3n) is 2.70. The predicted molar refractivity (Wildman–Crippen MR) is 70.5 cm³/mol. The lowest BCUT2D eigenvalue weighted by Gasteiger charge is -2.04. The Labute approximate surface area is 104 Å². The van der Waals surface area contributed by atoms with Gasteiger partial charge in [0, 0.05) is 5.39 Å². The van der Waals surface area contributed by atoms with Crippen molar-refractivity contribution in [3.63, 3.8) is 0 Å². The Bertz CT molecular complexity index is 627. The summed E-state index contributed by atoms with van der Waals surface area (Å²) in [6, 6.07) is 5.83. The predicted octanol–water partition coefficient (Wildman–Crippen LogP) is 2.97. The Hall–Kier alpha value is -2.37. The lowest BCUT2D eigenvalue weighted by molar-refractivity contribution is 0.459. The number of azo groups is 1. The van der Waals surface area contributed by atoms with E-state index in [9.17, 15) is 5.11 Å². The largest absolute Gasteiger partial charge is 0.493 e. The average molecular weight is 245 g/mol. The second-order valence-electron chi connectivity index (χ2n) is 4.37. The molecule has 0 aliphatic rings. The van der Waals surface area contributed by atoms with Crippen LogP contribution < -0.4 is 5.73 Å². The van der Waals surface area contributed by atoms with Gasteiger partial charge in [0.25, 0.3) is 0 Å². The van der Waals surface area contributed by atoms with Gasteiger partial charge in [0.15, 0.2) is 5.69 Å². The number of nitrogens with one attached hydrogen (secondary N) is 2. The molecule has 0 fully saturated rings. The molecule has 1 heterocycles. The van der Waals surface area contributed by atoms with Crippen molar-refractivity contribution in [2.75, 3.05) is 0 Å². The molecule has 1 aromatic heterocycles. The maximum atomic E-state index is 9.76. The van der Waals surface area contributed by atoms with Gasteiger partial charge >= 0.3 is 0 Å². The van der Waals surface area contributed by atoms with Gasteiger partial charge in [-0.05, 0) is 23.6 Å². The van der Waals surface area contributed by atoms with Crippen molar-refractivity contribution in [3.05, 3.63) is 23.8 Å². The highest BCUT2D eigenvalue weighted by Gasteiger charge is 2.12. The Morgan fingerprint density at radius 1 is 1.44 bits per heavy atom. The SMILES string of the molecule is CC(C)c1ccc2[nH]c(O)c(N=NC(=N)N)c2c1. The number of H-pyrrole nitrogens is 1. The number of rotatable bonds is 2. The van der Waals surface area contributed by atoms with Gasteiger partial charge in [-0.3, -0.25) is 5.41 Å². The summed E-state index contributed by atoms with van der Waals surface area (Å²) in [6.45, 7) is 4.18. The molecule has 0 bridgehead atoms. The fourth-order valence-corrected chi connectivity index (χ4v) is 1.75. The summed E-state index contributed by atoms with van der Waals surface area (Å²) in [4.78, 5) is 2.81. The summed E-state index contributed by atoms with van der Waals surface area (Å²) >= 11 is 0. The molecule has 6 heteroatoms. The number of fused-ring (bicyclic) bond motifs is 1. The molecular weight excluding hydrogens is 230 g/mol. The minimum absolute atomic E-state index is 0.0732. The summed E-state index contributed by atoms with van der Waals surface area (Å²) in [7, 11) is 0. The Morgan fingerprint density at radius 2 is 2.17 bits per heavy atom. The van der Waals surface area contributed by atoms with Crippen molar-refractivity contribution in [2.45, 2.75) is 19.8 Å². The van der Waals surface area contributed by atoms with Crippen molar-refractivity contribution < 1.29 is 5.11 Å². The zero-order chi connectivity index (χ0) is 13.3. The molecule has 0 saturated heterocycles. The molecule has 2 aromatic rings. The minimum Gasteiger partial charge on any atom is -0.493 e. The Kier molecular flexibility index (Phi) is 3.01. The van der Waals surface area contributed by atoms with Crippen LogP contribution in [0.2, 0.25) is 0 Å². The number of aromatic hydroxyl groups is 1. The van der Waals surface area contributed by atoms with Crippen LogP contribution in [0.4, 0.5) is 5.69 Å². The quantitative estimate of drug-likeness (QED) is 0.370. The number of nitrogens with two attached hydrogens (primary N) is 1. The second kappa shape index (κ2) is 4.48. The monoisotopic (exact) mass is 245 g/mol. The molecule has 1 aromatic carbocycles. The Balaban J connectivity index is 2.60. The first-order valence-corrected chi connectivity index (χ1v) is 5.59. The summed E-state index contributed by atoms with van der Waals surface area (Å²) in [6.07, 6.45) is 0. The van der Waals surface area contributed by atoms with Gasteiger partial charge in [-0.2, -0.15) is 0 Å². The molecule has 0 amide bonds. The zero-order valence-corrected chi connectivity index (χ0v) is 10.2. The summed E-state index contributed by atoms with van der Waals surface area (Å²) in [5, 5.41) is 24.8.